The second-order valence-electron chi connectivity index (χ2n) is 6.85. The van der Waals surface area contributed by atoms with Crippen LogP contribution in [0.5, 0.6) is 23.1 Å². The lowest BCUT2D eigenvalue weighted by molar-refractivity contribution is -0.0292. The Kier molecular flexibility index (Phi) is 5.50. The molecule has 2 atom stereocenters. The highest BCUT2D eigenvalue weighted by Gasteiger charge is 2.31. The van der Waals surface area contributed by atoms with E-state index >= 15 is 0 Å². The molecule has 3 heterocycles. The van der Waals surface area contributed by atoms with Crippen LogP contribution in [-0.4, -0.2) is 60.6 Å². The number of likely N-dealkylation sites (tertiary alicyclic amines) is 1. The average molecular weight is 390 g/mol. The fraction of sp³-hybridized carbons (Fsp3) is 0.450. The highest BCUT2D eigenvalue weighted by molar-refractivity contribution is 5.51. The van der Waals surface area contributed by atoms with E-state index in [9.17, 15) is 9.50 Å². The van der Waals surface area contributed by atoms with Gasteiger partial charge in [0.15, 0.2) is 11.5 Å². The lowest BCUT2D eigenvalue weighted by atomic mass is 10.0. The molecule has 2 aromatic rings. The molecule has 150 valence electrons. The zero-order valence-electron chi connectivity index (χ0n) is 15.6. The van der Waals surface area contributed by atoms with E-state index in [1.807, 2.05) is 23.1 Å². The Labute approximate surface area is 162 Å². The summed E-state index contributed by atoms with van der Waals surface area (Å²) in [5.74, 6) is 1.79. The SMILES string of the molecule is COc1ncc(F)cc1CN1CC[C@@H](Oc2cccc3c2OCCO3)[C@H](O)C1. The average Bonchev–Trinajstić information content (AvgIpc) is 2.70. The van der Waals surface area contributed by atoms with Crippen molar-refractivity contribution in [1.29, 1.82) is 0 Å². The monoisotopic (exact) mass is 390 g/mol. The first-order chi connectivity index (χ1) is 13.6. The highest BCUT2D eigenvalue weighted by Crippen LogP contribution is 2.40. The third-order valence-corrected chi connectivity index (χ3v) is 4.89. The molecule has 2 aliphatic heterocycles. The van der Waals surface area contributed by atoms with Crippen LogP contribution >= 0.6 is 0 Å². The molecule has 7 nitrogen and oxygen atoms in total. The molecule has 0 amide bonds. The Morgan fingerprint density at radius 3 is 3.00 bits per heavy atom. The van der Waals surface area contributed by atoms with Gasteiger partial charge < -0.3 is 24.1 Å². The Morgan fingerprint density at radius 1 is 1.32 bits per heavy atom. The van der Waals surface area contributed by atoms with Gasteiger partial charge in [-0.2, -0.15) is 0 Å². The van der Waals surface area contributed by atoms with Gasteiger partial charge in [0, 0.05) is 25.2 Å². The van der Waals surface area contributed by atoms with Crippen LogP contribution in [-0.2, 0) is 6.54 Å². The van der Waals surface area contributed by atoms with Crippen molar-refractivity contribution >= 4 is 0 Å². The van der Waals surface area contributed by atoms with E-state index in [4.69, 9.17) is 18.9 Å². The Bertz CT molecular complexity index is 834. The summed E-state index contributed by atoms with van der Waals surface area (Å²) < 4.78 is 36.0. The first kappa shape index (κ1) is 18.8. The summed E-state index contributed by atoms with van der Waals surface area (Å²) in [6.45, 7) is 2.51. The molecule has 0 aliphatic carbocycles. The molecule has 0 unspecified atom stereocenters. The van der Waals surface area contributed by atoms with E-state index in [1.54, 1.807) is 0 Å². The van der Waals surface area contributed by atoms with Crippen LogP contribution in [0.2, 0.25) is 0 Å². The van der Waals surface area contributed by atoms with Crippen LogP contribution in [0.25, 0.3) is 0 Å². The summed E-state index contributed by atoms with van der Waals surface area (Å²) in [5, 5.41) is 10.6. The Hall–Kier alpha value is -2.58. The number of pyridine rings is 1. The molecule has 1 N–H and O–H groups in total. The summed E-state index contributed by atoms with van der Waals surface area (Å²) in [6.07, 6.45) is 0.697. The number of hydrogen-bond acceptors (Lipinski definition) is 7. The number of fused-ring (bicyclic) bond motifs is 1. The topological polar surface area (TPSA) is 73.3 Å². The molecule has 0 spiro atoms. The normalized spacial score (nSPS) is 22.0. The number of para-hydroxylation sites is 1. The highest BCUT2D eigenvalue weighted by atomic mass is 19.1. The van der Waals surface area contributed by atoms with Gasteiger partial charge in [-0.05, 0) is 24.6 Å². The zero-order chi connectivity index (χ0) is 19.5. The van der Waals surface area contributed by atoms with Gasteiger partial charge in [-0.3, -0.25) is 4.90 Å². The van der Waals surface area contributed by atoms with Gasteiger partial charge in [0.05, 0.1) is 13.3 Å². The molecular weight excluding hydrogens is 367 g/mol. The lowest BCUT2D eigenvalue weighted by Crippen LogP contribution is -2.48. The molecule has 0 saturated carbocycles. The molecule has 2 aliphatic rings. The maximum atomic E-state index is 13.5. The van der Waals surface area contributed by atoms with E-state index in [1.165, 1.54) is 13.2 Å². The first-order valence-electron chi connectivity index (χ1n) is 9.28. The van der Waals surface area contributed by atoms with Crippen LogP contribution in [0, 0.1) is 5.82 Å². The summed E-state index contributed by atoms with van der Waals surface area (Å²) >= 11 is 0. The molecule has 1 saturated heterocycles. The minimum absolute atomic E-state index is 0.360. The number of aromatic nitrogens is 1. The number of piperidine rings is 1. The van der Waals surface area contributed by atoms with Gasteiger partial charge in [-0.15, -0.1) is 0 Å². The number of halogens is 1. The summed E-state index contributed by atoms with van der Waals surface area (Å²) in [5.41, 5.74) is 0.650. The molecule has 1 fully saturated rings. The maximum absolute atomic E-state index is 13.5. The van der Waals surface area contributed by atoms with Crippen molar-refractivity contribution in [3.05, 3.63) is 41.8 Å². The van der Waals surface area contributed by atoms with Crippen molar-refractivity contribution in [1.82, 2.24) is 9.88 Å². The molecule has 8 heteroatoms. The van der Waals surface area contributed by atoms with E-state index in [0.717, 1.165) is 6.20 Å². The number of aliphatic hydroxyl groups excluding tert-OH is 1. The smallest absolute Gasteiger partial charge is 0.217 e. The number of hydrogen-bond donors (Lipinski definition) is 1. The minimum atomic E-state index is -0.693. The van der Waals surface area contributed by atoms with Gasteiger partial charge in [0.2, 0.25) is 11.6 Å². The number of β-amino-alcohol motifs (C(OH)–C–C–N with tert-alkyl or cyclic N) is 1. The molecule has 4 rings (SSSR count). The minimum Gasteiger partial charge on any atom is -0.486 e. The van der Waals surface area contributed by atoms with E-state index in [-0.39, 0.29) is 6.10 Å². The van der Waals surface area contributed by atoms with Crippen LogP contribution in [0.4, 0.5) is 4.39 Å². The maximum Gasteiger partial charge on any atom is 0.217 e. The number of rotatable bonds is 5. The van der Waals surface area contributed by atoms with Gasteiger partial charge in [0.25, 0.3) is 0 Å². The summed E-state index contributed by atoms with van der Waals surface area (Å²) in [6, 6.07) is 6.90. The standard InChI is InChI=1S/C20H23FN2O5/c1-25-20-13(9-14(21)10-22-20)11-23-6-5-16(15(24)12-23)28-18-4-2-3-17-19(18)27-8-7-26-17/h2-4,9-10,15-16,24H,5-8,11-12H2,1H3/t15-,16-/m1/s1. The van der Waals surface area contributed by atoms with Gasteiger partial charge >= 0.3 is 0 Å². The van der Waals surface area contributed by atoms with Crippen molar-refractivity contribution in [3.8, 4) is 23.1 Å². The molecule has 1 aromatic carbocycles. The van der Waals surface area contributed by atoms with Crippen molar-refractivity contribution in [2.24, 2.45) is 0 Å². The van der Waals surface area contributed by atoms with Gasteiger partial charge in [-0.25, -0.2) is 9.37 Å². The predicted molar refractivity (Wildman–Crippen MR) is 98.5 cm³/mol. The van der Waals surface area contributed by atoms with E-state index in [0.29, 0.717) is 68.0 Å². The van der Waals surface area contributed by atoms with Crippen molar-refractivity contribution in [2.45, 2.75) is 25.2 Å². The van der Waals surface area contributed by atoms with Crippen LogP contribution < -0.4 is 18.9 Å². The number of nitrogens with zero attached hydrogens (tertiary/aromatic N) is 2. The second-order valence-corrected chi connectivity index (χ2v) is 6.85. The van der Waals surface area contributed by atoms with Gasteiger partial charge in [0.1, 0.15) is 31.2 Å². The fourth-order valence-electron chi connectivity index (χ4n) is 3.57. The van der Waals surface area contributed by atoms with Crippen molar-refractivity contribution in [3.63, 3.8) is 0 Å². The fourth-order valence-corrected chi connectivity index (χ4v) is 3.57. The van der Waals surface area contributed by atoms with Crippen molar-refractivity contribution in [2.75, 3.05) is 33.4 Å². The molecule has 0 radical (unpaired) electrons. The van der Waals surface area contributed by atoms with Gasteiger partial charge in [-0.1, -0.05) is 6.07 Å². The molecule has 1 aromatic heterocycles. The number of aliphatic hydroxyl groups is 1. The Balaban J connectivity index is 1.40. The molecule has 0 bridgehead atoms. The van der Waals surface area contributed by atoms with Crippen LogP contribution in [0.15, 0.2) is 30.5 Å². The largest absolute Gasteiger partial charge is 0.486 e. The molecule has 28 heavy (non-hydrogen) atoms. The zero-order valence-corrected chi connectivity index (χ0v) is 15.6. The van der Waals surface area contributed by atoms with E-state index in [2.05, 4.69) is 4.98 Å². The lowest BCUT2D eigenvalue weighted by Gasteiger charge is -2.36. The predicted octanol–water partition coefficient (Wildman–Crippen LogP) is 2.01. The summed E-state index contributed by atoms with van der Waals surface area (Å²) in [4.78, 5) is 5.99. The first-order valence-corrected chi connectivity index (χ1v) is 9.28. The van der Waals surface area contributed by atoms with Crippen LogP contribution in [0.1, 0.15) is 12.0 Å². The quantitative estimate of drug-likeness (QED) is 0.837. The van der Waals surface area contributed by atoms with Crippen molar-refractivity contribution < 1.29 is 28.4 Å². The second kappa shape index (κ2) is 8.20. The third kappa shape index (κ3) is 3.98. The third-order valence-electron chi connectivity index (χ3n) is 4.89. The Morgan fingerprint density at radius 2 is 2.18 bits per heavy atom. The number of ether oxygens (including phenoxy) is 4. The molecular formula is C20H23FN2O5. The number of methoxy groups -OCH3 is 1. The van der Waals surface area contributed by atoms with E-state index < -0.39 is 11.9 Å². The van der Waals surface area contributed by atoms with Crippen LogP contribution in [0.3, 0.4) is 0 Å². The summed E-state index contributed by atoms with van der Waals surface area (Å²) in [7, 11) is 1.50. The number of benzene rings is 1.